The SMILES string of the molecule is Clc1n[nH]c2ccc(C3OCCCO3)cc12. The van der Waals surface area contributed by atoms with Crippen LogP contribution in [0, 0.1) is 0 Å². The number of hydrogen-bond donors (Lipinski definition) is 1. The van der Waals surface area contributed by atoms with E-state index in [0.717, 1.165) is 36.1 Å². The van der Waals surface area contributed by atoms with Crippen LogP contribution in [0.15, 0.2) is 18.2 Å². The van der Waals surface area contributed by atoms with E-state index in [9.17, 15) is 0 Å². The Kier molecular flexibility index (Phi) is 2.55. The molecule has 0 spiro atoms. The van der Waals surface area contributed by atoms with Gasteiger partial charge in [0.05, 0.1) is 18.7 Å². The number of hydrogen-bond acceptors (Lipinski definition) is 3. The van der Waals surface area contributed by atoms with Crippen molar-refractivity contribution in [3.8, 4) is 0 Å². The zero-order valence-electron chi connectivity index (χ0n) is 8.57. The molecule has 1 aliphatic rings. The van der Waals surface area contributed by atoms with Crippen LogP contribution >= 0.6 is 11.6 Å². The Bertz CT molecular complexity index is 506. The van der Waals surface area contributed by atoms with Crippen molar-refractivity contribution in [2.24, 2.45) is 0 Å². The molecule has 5 heteroatoms. The van der Waals surface area contributed by atoms with E-state index < -0.39 is 0 Å². The number of halogens is 1. The molecule has 1 saturated heterocycles. The Morgan fingerprint density at radius 3 is 2.94 bits per heavy atom. The zero-order chi connectivity index (χ0) is 11.0. The molecule has 0 atom stereocenters. The van der Waals surface area contributed by atoms with Crippen LogP contribution in [0.2, 0.25) is 5.15 Å². The quantitative estimate of drug-likeness (QED) is 0.831. The van der Waals surface area contributed by atoms with Gasteiger partial charge < -0.3 is 9.47 Å². The second-order valence-corrected chi connectivity index (χ2v) is 4.10. The third-order valence-corrected chi connectivity index (χ3v) is 2.93. The van der Waals surface area contributed by atoms with Gasteiger partial charge in [-0.25, -0.2) is 0 Å². The van der Waals surface area contributed by atoms with Crippen molar-refractivity contribution in [3.63, 3.8) is 0 Å². The molecule has 0 saturated carbocycles. The molecule has 2 aromatic rings. The topological polar surface area (TPSA) is 47.1 Å². The molecule has 0 bridgehead atoms. The van der Waals surface area contributed by atoms with Gasteiger partial charge in [0.15, 0.2) is 11.4 Å². The molecular weight excluding hydrogens is 228 g/mol. The average molecular weight is 239 g/mol. The highest BCUT2D eigenvalue weighted by Gasteiger charge is 2.17. The molecule has 0 amide bonds. The first-order valence-electron chi connectivity index (χ1n) is 5.21. The second-order valence-electron chi connectivity index (χ2n) is 3.75. The summed E-state index contributed by atoms with van der Waals surface area (Å²) in [6, 6.07) is 5.86. The van der Waals surface area contributed by atoms with Gasteiger partial charge in [-0.2, -0.15) is 5.10 Å². The molecule has 1 aliphatic heterocycles. The molecule has 1 aromatic carbocycles. The summed E-state index contributed by atoms with van der Waals surface area (Å²) in [5, 5.41) is 8.17. The maximum Gasteiger partial charge on any atom is 0.183 e. The van der Waals surface area contributed by atoms with Gasteiger partial charge in [0.2, 0.25) is 0 Å². The largest absolute Gasteiger partial charge is 0.348 e. The van der Waals surface area contributed by atoms with Crippen LogP contribution in [-0.4, -0.2) is 23.4 Å². The number of nitrogens with one attached hydrogen (secondary N) is 1. The molecule has 1 N–H and O–H groups in total. The minimum atomic E-state index is -0.274. The molecule has 0 radical (unpaired) electrons. The van der Waals surface area contributed by atoms with Crippen LogP contribution in [0.3, 0.4) is 0 Å². The fourth-order valence-electron chi connectivity index (χ4n) is 1.83. The summed E-state index contributed by atoms with van der Waals surface area (Å²) in [4.78, 5) is 0. The van der Waals surface area contributed by atoms with E-state index >= 15 is 0 Å². The first-order chi connectivity index (χ1) is 7.84. The fourth-order valence-corrected chi connectivity index (χ4v) is 2.03. The number of aromatic amines is 1. The highest BCUT2D eigenvalue weighted by atomic mass is 35.5. The first kappa shape index (κ1) is 10.1. The Balaban J connectivity index is 1.99. The molecule has 3 rings (SSSR count). The van der Waals surface area contributed by atoms with E-state index in [2.05, 4.69) is 10.2 Å². The van der Waals surface area contributed by atoms with Crippen molar-refractivity contribution < 1.29 is 9.47 Å². The number of H-pyrrole nitrogens is 1. The minimum Gasteiger partial charge on any atom is -0.348 e. The highest BCUT2D eigenvalue weighted by Crippen LogP contribution is 2.28. The molecule has 4 nitrogen and oxygen atoms in total. The van der Waals surface area contributed by atoms with Crippen LogP contribution in [0.5, 0.6) is 0 Å². The lowest BCUT2D eigenvalue weighted by Gasteiger charge is -2.23. The standard InChI is InChI=1S/C11H11ClN2O2/c12-10-8-6-7(2-3-9(8)13-14-10)11-15-4-1-5-16-11/h2-3,6,11H,1,4-5H2,(H,13,14). The van der Waals surface area contributed by atoms with E-state index in [0.29, 0.717) is 5.15 Å². The van der Waals surface area contributed by atoms with Crippen LogP contribution in [0.1, 0.15) is 18.3 Å². The summed E-state index contributed by atoms with van der Waals surface area (Å²) >= 11 is 5.96. The normalized spacial score (nSPS) is 18.1. The van der Waals surface area contributed by atoms with Gasteiger partial charge >= 0.3 is 0 Å². The second kappa shape index (κ2) is 4.05. The summed E-state index contributed by atoms with van der Waals surface area (Å²) in [7, 11) is 0. The summed E-state index contributed by atoms with van der Waals surface area (Å²) < 4.78 is 11.1. The highest BCUT2D eigenvalue weighted by molar-refractivity contribution is 6.34. The molecule has 2 heterocycles. The first-order valence-corrected chi connectivity index (χ1v) is 5.59. The van der Waals surface area contributed by atoms with E-state index in [1.165, 1.54) is 0 Å². The van der Waals surface area contributed by atoms with E-state index in [1.807, 2.05) is 18.2 Å². The predicted molar refractivity (Wildman–Crippen MR) is 60.4 cm³/mol. The van der Waals surface area contributed by atoms with Crippen molar-refractivity contribution in [1.82, 2.24) is 10.2 Å². The Hall–Kier alpha value is -1.10. The van der Waals surface area contributed by atoms with Crippen LogP contribution in [-0.2, 0) is 9.47 Å². The van der Waals surface area contributed by atoms with Gasteiger partial charge in [-0.1, -0.05) is 17.7 Å². The van der Waals surface area contributed by atoms with E-state index in [-0.39, 0.29) is 6.29 Å². The average Bonchev–Trinajstić information content (AvgIpc) is 2.72. The lowest BCUT2D eigenvalue weighted by Crippen LogP contribution is -2.17. The fraction of sp³-hybridized carbons (Fsp3) is 0.364. The van der Waals surface area contributed by atoms with Crippen molar-refractivity contribution in [2.45, 2.75) is 12.7 Å². The van der Waals surface area contributed by atoms with Gasteiger partial charge in [0.1, 0.15) is 0 Å². The van der Waals surface area contributed by atoms with E-state index in [4.69, 9.17) is 21.1 Å². The number of benzene rings is 1. The van der Waals surface area contributed by atoms with Gasteiger partial charge in [-0.15, -0.1) is 0 Å². The third kappa shape index (κ3) is 1.69. The number of aromatic nitrogens is 2. The number of fused-ring (bicyclic) bond motifs is 1. The molecule has 16 heavy (non-hydrogen) atoms. The van der Waals surface area contributed by atoms with Crippen molar-refractivity contribution >= 4 is 22.5 Å². The predicted octanol–water partition coefficient (Wildman–Crippen LogP) is 2.65. The number of nitrogens with zero attached hydrogens (tertiary/aromatic N) is 1. The lowest BCUT2D eigenvalue weighted by atomic mass is 10.1. The molecule has 84 valence electrons. The summed E-state index contributed by atoms with van der Waals surface area (Å²) in [6.07, 6.45) is 0.676. The van der Waals surface area contributed by atoms with Crippen molar-refractivity contribution in [1.29, 1.82) is 0 Å². The van der Waals surface area contributed by atoms with Crippen LogP contribution in [0.4, 0.5) is 0 Å². The maximum atomic E-state index is 5.96. The Morgan fingerprint density at radius 1 is 1.31 bits per heavy atom. The van der Waals surface area contributed by atoms with Crippen molar-refractivity contribution in [2.75, 3.05) is 13.2 Å². The summed E-state index contributed by atoms with van der Waals surface area (Å²) in [6.45, 7) is 1.48. The molecule has 0 aliphatic carbocycles. The number of rotatable bonds is 1. The lowest BCUT2D eigenvalue weighted by molar-refractivity contribution is -0.182. The van der Waals surface area contributed by atoms with Gasteiger partial charge in [0, 0.05) is 10.9 Å². The molecular formula is C11H11ClN2O2. The summed E-state index contributed by atoms with van der Waals surface area (Å²) in [5.74, 6) is 0. The monoisotopic (exact) mass is 238 g/mol. The van der Waals surface area contributed by atoms with E-state index in [1.54, 1.807) is 0 Å². The van der Waals surface area contributed by atoms with Gasteiger partial charge in [0.25, 0.3) is 0 Å². The molecule has 1 fully saturated rings. The maximum absolute atomic E-state index is 5.96. The van der Waals surface area contributed by atoms with Gasteiger partial charge in [-0.3, -0.25) is 5.10 Å². The van der Waals surface area contributed by atoms with Crippen LogP contribution in [0.25, 0.3) is 10.9 Å². The van der Waals surface area contributed by atoms with Crippen LogP contribution < -0.4 is 0 Å². The smallest absolute Gasteiger partial charge is 0.183 e. The molecule has 0 unspecified atom stereocenters. The zero-order valence-corrected chi connectivity index (χ0v) is 9.33. The summed E-state index contributed by atoms with van der Waals surface area (Å²) in [5.41, 5.74) is 1.90. The minimum absolute atomic E-state index is 0.274. The van der Waals surface area contributed by atoms with Gasteiger partial charge in [-0.05, 0) is 18.6 Å². The van der Waals surface area contributed by atoms with Crippen molar-refractivity contribution in [3.05, 3.63) is 28.9 Å². The molecule has 1 aromatic heterocycles. The Labute approximate surface area is 97.5 Å². The Morgan fingerprint density at radius 2 is 2.12 bits per heavy atom. The number of ether oxygens (including phenoxy) is 2. The third-order valence-electron chi connectivity index (χ3n) is 2.64.